The first-order valence-electron chi connectivity index (χ1n) is 9.35. The lowest BCUT2D eigenvalue weighted by Crippen LogP contribution is -2.02. The molecule has 0 saturated heterocycles. The molecule has 0 rings (SSSR count). The molecular formula is C20H40. The molecule has 0 saturated carbocycles. The molecule has 0 aliphatic carbocycles. The van der Waals surface area contributed by atoms with Crippen molar-refractivity contribution in [3.63, 3.8) is 0 Å². The van der Waals surface area contributed by atoms with E-state index in [1.807, 2.05) is 0 Å². The van der Waals surface area contributed by atoms with Crippen molar-refractivity contribution in [1.29, 1.82) is 0 Å². The Kier molecular flexibility index (Phi) is 13.5. The molecule has 0 aromatic heterocycles. The van der Waals surface area contributed by atoms with Gasteiger partial charge in [-0.1, -0.05) is 84.3 Å². The summed E-state index contributed by atoms with van der Waals surface area (Å²) in [5.41, 5.74) is 1.64. The van der Waals surface area contributed by atoms with Crippen LogP contribution >= 0.6 is 0 Å². The van der Waals surface area contributed by atoms with Crippen LogP contribution in [0.1, 0.15) is 105 Å². The van der Waals surface area contributed by atoms with Crippen molar-refractivity contribution in [3.05, 3.63) is 11.6 Å². The monoisotopic (exact) mass is 280 g/mol. The van der Waals surface area contributed by atoms with Crippen LogP contribution in [0.5, 0.6) is 0 Å². The first kappa shape index (κ1) is 19.7. The molecule has 20 heavy (non-hydrogen) atoms. The highest BCUT2D eigenvalue weighted by Crippen LogP contribution is 2.24. The second kappa shape index (κ2) is 13.7. The Labute approximate surface area is 129 Å². The summed E-state index contributed by atoms with van der Waals surface area (Å²) in [4.78, 5) is 0. The van der Waals surface area contributed by atoms with E-state index in [9.17, 15) is 0 Å². The van der Waals surface area contributed by atoms with Crippen LogP contribution in [0.3, 0.4) is 0 Å². The van der Waals surface area contributed by atoms with Gasteiger partial charge in [-0.2, -0.15) is 0 Å². The van der Waals surface area contributed by atoms with Crippen molar-refractivity contribution in [2.45, 2.75) is 105 Å². The highest BCUT2D eigenvalue weighted by atomic mass is 14.1. The maximum atomic E-state index is 2.58. The molecule has 0 spiro atoms. The Bertz CT molecular complexity index is 226. The molecule has 0 radical (unpaired) electrons. The van der Waals surface area contributed by atoms with Gasteiger partial charge in [0.15, 0.2) is 0 Å². The molecule has 2 unspecified atom stereocenters. The topological polar surface area (TPSA) is 0 Å². The fourth-order valence-corrected chi connectivity index (χ4v) is 3.12. The third kappa shape index (κ3) is 10.5. The highest BCUT2D eigenvalue weighted by Gasteiger charge is 2.08. The molecule has 0 bridgehead atoms. The lowest BCUT2D eigenvalue weighted by molar-refractivity contribution is 0.401. The zero-order chi connectivity index (χ0) is 15.2. The fourth-order valence-electron chi connectivity index (χ4n) is 3.12. The van der Waals surface area contributed by atoms with E-state index >= 15 is 0 Å². The minimum atomic E-state index is 0.829. The summed E-state index contributed by atoms with van der Waals surface area (Å²) >= 11 is 0. The van der Waals surface area contributed by atoms with Crippen LogP contribution in [0.2, 0.25) is 0 Å². The van der Waals surface area contributed by atoms with E-state index in [0.717, 1.165) is 11.8 Å². The molecule has 0 aliphatic rings. The zero-order valence-electron chi connectivity index (χ0n) is 15.0. The molecule has 0 aliphatic heterocycles. The number of allylic oxidation sites excluding steroid dienone is 2. The molecule has 120 valence electrons. The fraction of sp³-hybridized carbons (Fsp3) is 0.900. The van der Waals surface area contributed by atoms with Gasteiger partial charge in [0, 0.05) is 0 Å². The number of unbranched alkanes of at least 4 members (excludes halogenated alkanes) is 2. The Hall–Kier alpha value is -0.260. The lowest BCUT2D eigenvalue weighted by atomic mass is 9.89. The van der Waals surface area contributed by atoms with Crippen LogP contribution in [0.15, 0.2) is 11.6 Å². The van der Waals surface area contributed by atoms with Gasteiger partial charge in [0.05, 0.1) is 0 Å². The maximum absolute atomic E-state index is 2.58. The van der Waals surface area contributed by atoms with Crippen LogP contribution in [-0.2, 0) is 0 Å². The van der Waals surface area contributed by atoms with Gasteiger partial charge in [-0.3, -0.25) is 0 Å². The Morgan fingerprint density at radius 1 is 0.800 bits per heavy atom. The molecule has 0 aromatic rings. The zero-order valence-corrected chi connectivity index (χ0v) is 15.0. The van der Waals surface area contributed by atoms with E-state index in [4.69, 9.17) is 0 Å². The van der Waals surface area contributed by atoms with Crippen LogP contribution < -0.4 is 0 Å². The van der Waals surface area contributed by atoms with Crippen molar-refractivity contribution in [2.75, 3.05) is 0 Å². The van der Waals surface area contributed by atoms with Crippen LogP contribution in [0.25, 0.3) is 0 Å². The quantitative estimate of drug-likeness (QED) is 0.306. The summed E-state index contributed by atoms with van der Waals surface area (Å²) in [7, 11) is 0. The standard InChI is InChI=1S/C20H40/c1-6-10-13-19(9-4)17-18(5)15-16-20(12-8-3)14-11-7-2/h17,19-20H,6-16H2,1-5H3. The van der Waals surface area contributed by atoms with Crippen LogP contribution in [0.4, 0.5) is 0 Å². The van der Waals surface area contributed by atoms with Gasteiger partial charge in [0.25, 0.3) is 0 Å². The van der Waals surface area contributed by atoms with Gasteiger partial charge >= 0.3 is 0 Å². The van der Waals surface area contributed by atoms with Crippen LogP contribution in [0, 0.1) is 11.8 Å². The maximum Gasteiger partial charge on any atom is -0.0234 e. The Morgan fingerprint density at radius 2 is 1.45 bits per heavy atom. The average Bonchev–Trinajstić information content (AvgIpc) is 2.46. The Balaban J connectivity index is 4.15. The van der Waals surface area contributed by atoms with Crippen molar-refractivity contribution < 1.29 is 0 Å². The smallest absolute Gasteiger partial charge is 0.0234 e. The predicted molar refractivity (Wildman–Crippen MR) is 94.2 cm³/mol. The molecule has 0 amide bonds. The molecule has 0 heteroatoms. The molecule has 0 aromatic carbocycles. The van der Waals surface area contributed by atoms with E-state index in [0.29, 0.717) is 0 Å². The summed E-state index contributed by atoms with van der Waals surface area (Å²) in [5.74, 6) is 1.80. The number of rotatable bonds is 13. The summed E-state index contributed by atoms with van der Waals surface area (Å²) in [5, 5.41) is 0. The summed E-state index contributed by atoms with van der Waals surface area (Å²) < 4.78 is 0. The molecule has 0 heterocycles. The second-order valence-corrected chi connectivity index (χ2v) is 6.66. The van der Waals surface area contributed by atoms with Gasteiger partial charge in [-0.05, 0) is 44.4 Å². The van der Waals surface area contributed by atoms with Gasteiger partial charge in [0.1, 0.15) is 0 Å². The minimum Gasteiger partial charge on any atom is -0.0825 e. The average molecular weight is 281 g/mol. The van der Waals surface area contributed by atoms with Crippen molar-refractivity contribution in [1.82, 2.24) is 0 Å². The molecule has 0 nitrogen and oxygen atoms in total. The molecular weight excluding hydrogens is 240 g/mol. The third-order valence-corrected chi connectivity index (χ3v) is 4.58. The minimum absolute atomic E-state index is 0.829. The van der Waals surface area contributed by atoms with Crippen molar-refractivity contribution >= 4 is 0 Å². The largest absolute Gasteiger partial charge is 0.0825 e. The van der Waals surface area contributed by atoms with E-state index in [2.05, 4.69) is 40.7 Å². The normalized spacial score (nSPS) is 15.3. The lowest BCUT2D eigenvalue weighted by Gasteiger charge is -2.17. The number of hydrogen-bond acceptors (Lipinski definition) is 0. The van der Waals surface area contributed by atoms with Gasteiger partial charge in [0.2, 0.25) is 0 Å². The van der Waals surface area contributed by atoms with Gasteiger partial charge < -0.3 is 0 Å². The Morgan fingerprint density at radius 3 is 2.00 bits per heavy atom. The SMILES string of the molecule is CCCCC(C=C(C)CCC(CCC)CCCC)CC. The van der Waals surface area contributed by atoms with E-state index < -0.39 is 0 Å². The second-order valence-electron chi connectivity index (χ2n) is 6.66. The molecule has 0 fully saturated rings. The van der Waals surface area contributed by atoms with Gasteiger partial charge in [-0.25, -0.2) is 0 Å². The molecule has 2 atom stereocenters. The van der Waals surface area contributed by atoms with E-state index in [1.165, 1.54) is 70.6 Å². The molecule has 0 N–H and O–H groups in total. The highest BCUT2D eigenvalue weighted by molar-refractivity contribution is 5.01. The third-order valence-electron chi connectivity index (χ3n) is 4.58. The van der Waals surface area contributed by atoms with E-state index in [-0.39, 0.29) is 0 Å². The summed E-state index contributed by atoms with van der Waals surface area (Å²) in [6, 6.07) is 0. The van der Waals surface area contributed by atoms with Gasteiger partial charge in [-0.15, -0.1) is 0 Å². The predicted octanol–water partition coefficient (Wildman–Crippen LogP) is 7.54. The van der Waals surface area contributed by atoms with Crippen molar-refractivity contribution in [3.8, 4) is 0 Å². The van der Waals surface area contributed by atoms with E-state index in [1.54, 1.807) is 5.57 Å². The first-order chi connectivity index (χ1) is 9.67. The number of hydrogen-bond donors (Lipinski definition) is 0. The van der Waals surface area contributed by atoms with Crippen molar-refractivity contribution in [2.24, 2.45) is 11.8 Å². The summed E-state index contributed by atoms with van der Waals surface area (Å²) in [6.07, 6.45) is 17.7. The van der Waals surface area contributed by atoms with Crippen LogP contribution in [-0.4, -0.2) is 0 Å². The summed E-state index contributed by atoms with van der Waals surface area (Å²) in [6.45, 7) is 11.6. The first-order valence-corrected chi connectivity index (χ1v) is 9.35.